The van der Waals surface area contributed by atoms with Crippen molar-refractivity contribution >= 4 is 12.1 Å². The summed E-state index contributed by atoms with van der Waals surface area (Å²) in [6.45, 7) is 7.56. The van der Waals surface area contributed by atoms with Crippen molar-refractivity contribution in [1.29, 1.82) is 0 Å². The van der Waals surface area contributed by atoms with Gasteiger partial charge < -0.3 is 24.7 Å². The maximum Gasteiger partial charge on any atom is 0.410 e. The number of aromatic amines is 1. The number of guanidine groups is 1. The molecule has 1 fully saturated rings. The Balaban J connectivity index is 1.44. The number of carbonyl (C=O) groups is 1. The minimum atomic E-state index is -0.493. The van der Waals surface area contributed by atoms with Crippen molar-refractivity contribution in [3.8, 4) is 11.6 Å². The fraction of sp³-hybridized carbons (Fsp3) is 0.600. The van der Waals surface area contributed by atoms with E-state index in [0.717, 1.165) is 18.7 Å². The Morgan fingerprint density at radius 2 is 2.30 bits per heavy atom. The number of amides is 1. The second kappa shape index (κ2) is 9.64. The van der Waals surface area contributed by atoms with Crippen molar-refractivity contribution in [2.24, 2.45) is 4.99 Å². The molecule has 0 radical (unpaired) electrons. The van der Waals surface area contributed by atoms with Crippen LogP contribution < -0.4 is 10.6 Å². The SMILES string of the molecule is CN=C(NCCc1nc(-c2ccco2)n[nH]1)NC1CCCN(C(=O)OC(C)(C)C)C1. The Morgan fingerprint density at radius 3 is 3.00 bits per heavy atom. The van der Waals surface area contributed by atoms with Gasteiger partial charge in [-0.1, -0.05) is 0 Å². The maximum atomic E-state index is 12.3. The molecule has 2 aromatic heterocycles. The van der Waals surface area contributed by atoms with Crippen LogP contribution in [-0.2, 0) is 11.2 Å². The van der Waals surface area contributed by atoms with Gasteiger partial charge in [0.2, 0.25) is 5.82 Å². The van der Waals surface area contributed by atoms with Crippen LogP contribution in [0.2, 0.25) is 0 Å². The zero-order chi connectivity index (χ0) is 21.6. The molecule has 1 amide bonds. The lowest BCUT2D eigenvalue weighted by atomic mass is 10.1. The number of aromatic nitrogens is 3. The van der Waals surface area contributed by atoms with Crippen molar-refractivity contribution in [2.45, 2.75) is 51.7 Å². The molecule has 0 saturated carbocycles. The van der Waals surface area contributed by atoms with Crippen molar-refractivity contribution in [2.75, 3.05) is 26.7 Å². The molecule has 3 N–H and O–H groups in total. The normalized spacial score (nSPS) is 17.7. The smallest absolute Gasteiger partial charge is 0.410 e. The zero-order valence-corrected chi connectivity index (χ0v) is 18.1. The van der Waals surface area contributed by atoms with E-state index in [4.69, 9.17) is 9.15 Å². The number of H-pyrrole nitrogens is 1. The van der Waals surface area contributed by atoms with Crippen LogP contribution in [0.1, 0.15) is 39.4 Å². The first-order valence-electron chi connectivity index (χ1n) is 10.2. The molecule has 0 aromatic carbocycles. The molecule has 164 valence electrons. The molecule has 1 saturated heterocycles. The average molecular weight is 418 g/mol. The van der Waals surface area contributed by atoms with E-state index in [9.17, 15) is 4.79 Å². The molecule has 3 heterocycles. The molecule has 10 nitrogen and oxygen atoms in total. The molecular weight excluding hydrogens is 386 g/mol. The van der Waals surface area contributed by atoms with E-state index in [-0.39, 0.29) is 12.1 Å². The molecular formula is C20H31N7O3. The predicted octanol–water partition coefficient (Wildman–Crippen LogP) is 2.17. The van der Waals surface area contributed by atoms with Crippen LogP contribution in [0.3, 0.4) is 0 Å². The van der Waals surface area contributed by atoms with Crippen LogP contribution in [0.15, 0.2) is 27.8 Å². The van der Waals surface area contributed by atoms with Gasteiger partial charge in [0.05, 0.1) is 6.26 Å². The van der Waals surface area contributed by atoms with Gasteiger partial charge in [0, 0.05) is 39.1 Å². The van der Waals surface area contributed by atoms with E-state index < -0.39 is 5.60 Å². The second-order valence-corrected chi connectivity index (χ2v) is 8.24. The maximum absolute atomic E-state index is 12.3. The molecule has 0 spiro atoms. The highest BCUT2D eigenvalue weighted by atomic mass is 16.6. The van der Waals surface area contributed by atoms with E-state index in [1.165, 1.54) is 0 Å². The number of carbonyl (C=O) groups excluding carboxylic acids is 1. The van der Waals surface area contributed by atoms with Crippen molar-refractivity contribution < 1.29 is 13.9 Å². The van der Waals surface area contributed by atoms with Gasteiger partial charge in [-0.3, -0.25) is 10.1 Å². The molecule has 0 aliphatic carbocycles. The number of nitrogens with zero attached hydrogens (tertiary/aromatic N) is 4. The molecule has 0 bridgehead atoms. The fourth-order valence-corrected chi connectivity index (χ4v) is 3.20. The molecule has 2 aromatic rings. The molecule has 3 rings (SSSR count). The summed E-state index contributed by atoms with van der Waals surface area (Å²) >= 11 is 0. The molecule has 1 aliphatic heterocycles. The van der Waals surface area contributed by atoms with Gasteiger partial charge in [-0.2, -0.15) is 5.10 Å². The summed E-state index contributed by atoms with van der Waals surface area (Å²) in [5, 5.41) is 13.8. The van der Waals surface area contributed by atoms with Crippen LogP contribution in [0, 0.1) is 0 Å². The zero-order valence-electron chi connectivity index (χ0n) is 18.1. The first-order chi connectivity index (χ1) is 14.3. The van der Waals surface area contributed by atoms with Crippen LogP contribution in [0.25, 0.3) is 11.6 Å². The lowest BCUT2D eigenvalue weighted by molar-refractivity contribution is 0.0193. The minimum absolute atomic E-state index is 0.119. The second-order valence-electron chi connectivity index (χ2n) is 8.24. The summed E-state index contributed by atoms with van der Waals surface area (Å²) in [5.74, 6) is 2.63. The minimum Gasteiger partial charge on any atom is -0.461 e. The van der Waals surface area contributed by atoms with Gasteiger partial charge >= 0.3 is 6.09 Å². The summed E-state index contributed by atoms with van der Waals surface area (Å²) in [6, 6.07) is 3.74. The highest BCUT2D eigenvalue weighted by molar-refractivity contribution is 5.80. The topological polar surface area (TPSA) is 121 Å². The Bertz CT molecular complexity index is 839. The summed E-state index contributed by atoms with van der Waals surface area (Å²) in [6.07, 6.45) is 3.87. The number of hydrogen-bond acceptors (Lipinski definition) is 6. The van der Waals surface area contributed by atoms with E-state index >= 15 is 0 Å². The first kappa shape index (κ1) is 21.7. The van der Waals surface area contributed by atoms with Gasteiger partial charge in [0.1, 0.15) is 11.4 Å². The fourth-order valence-electron chi connectivity index (χ4n) is 3.20. The Labute approximate surface area is 176 Å². The van der Waals surface area contributed by atoms with Crippen LogP contribution in [0.5, 0.6) is 0 Å². The molecule has 30 heavy (non-hydrogen) atoms. The van der Waals surface area contributed by atoms with Crippen LogP contribution in [0.4, 0.5) is 4.79 Å². The number of furan rings is 1. The number of ether oxygens (including phenoxy) is 1. The Morgan fingerprint density at radius 1 is 1.47 bits per heavy atom. The third kappa shape index (κ3) is 6.23. The van der Waals surface area contributed by atoms with Gasteiger partial charge in [0.15, 0.2) is 11.7 Å². The quantitative estimate of drug-likeness (QED) is 0.504. The molecule has 1 aliphatic rings. The lowest BCUT2D eigenvalue weighted by Crippen LogP contribution is -2.53. The van der Waals surface area contributed by atoms with Crippen molar-refractivity contribution in [3.05, 3.63) is 24.2 Å². The summed E-state index contributed by atoms with van der Waals surface area (Å²) < 4.78 is 10.8. The van der Waals surface area contributed by atoms with Crippen molar-refractivity contribution in [3.63, 3.8) is 0 Å². The number of aliphatic imine (C=N–C) groups is 1. The van der Waals surface area contributed by atoms with Crippen LogP contribution in [-0.4, -0.2) is 70.5 Å². The predicted molar refractivity (Wildman–Crippen MR) is 113 cm³/mol. The van der Waals surface area contributed by atoms with Crippen LogP contribution >= 0.6 is 0 Å². The summed E-state index contributed by atoms with van der Waals surface area (Å²) in [5.41, 5.74) is -0.493. The van der Waals surface area contributed by atoms with Gasteiger partial charge in [-0.05, 0) is 45.7 Å². The molecule has 10 heteroatoms. The number of nitrogens with one attached hydrogen (secondary N) is 3. The van der Waals surface area contributed by atoms with E-state index in [1.807, 2.05) is 26.8 Å². The van der Waals surface area contributed by atoms with E-state index in [0.29, 0.717) is 43.6 Å². The number of likely N-dealkylation sites (tertiary alicyclic amines) is 1. The molecule has 1 atom stereocenters. The number of piperidine rings is 1. The van der Waals surface area contributed by atoms with Gasteiger partial charge in [-0.25, -0.2) is 9.78 Å². The summed E-state index contributed by atoms with van der Waals surface area (Å²) in [7, 11) is 1.73. The largest absolute Gasteiger partial charge is 0.461 e. The van der Waals surface area contributed by atoms with Crippen molar-refractivity contribution in [1.82, 2.24) is 30.7 Å². The third-order valence-corrected chi connectivity index (χ3v) is 4.57. The van der Waals surface area contributed by atoms with Gasteiger partial charge in [0.25, 0.3) is 0 Å². The third-order valence-electron chi connectivity index (χ3n) is 4.57. The standard InChI is InChI=1S/C20H31N7O3/c1-20(2,3)30-19(28)27-11-5-7-14(13-27)23-18(21-4)22-10-9-16-24-17(26-25-16)15-8-6-12-29-15/h6,8,12,14H,5,7,9-11,13H2,1-4H3,(H2,21,22,23)(H,24,25,26). The Kier molecular flexibility index (Phi) is 6.96. The van der Waals surface area contributed by atoms with E-state index in [2.05, 4.69) is 30.8 Å². The number of rotatable bonds is 5. The average Bonchev–Trinajstić information content (AvgIpc) is 3.38. The highest BCUT2D eigenvalue weighted by Gasteiger charge is 2.28. The van der Waals surface area contributed by atoms with E-state index in [1.54, 1.807) is 24.3 Å². The summed E-state index contributed by atoms with van der Waals surface area (Å²) in [4.78, 5) is 22.8. The lowest BCUT2D eigenvalue weighted by Gasteiger charge is -2.35. The molecule has 1 unspecified atom stereocenters. The van der Waals surface area contributed by atoms with Gasteiger partial charge in [-0.15, -0.1) is 0 Å². The first-order valence-corrected chi connectivity index (χ1v) is 10.2. The highest BCUT2D eigenvalue weighted by Crippen LogP contribution is 2.16. The Hall–Kier alpha value is -3.04. The number of hydrogen-bond donors (Lipinski definition) is 3. The monoisotopic (exact) mass is 417 g/mol.